The molecule has 0 aromatic heterocycles. The minimum Gasteiger partial charge on any atom is -0.478 e. The Morgan fingerprint density at radius 2 is 1.62 bits per heavy atom. The number of rotatable bonds is 3. The van der Waals surface area contributed by atoms with Gasteiger partial charge in [-0.05, 0) is 6.07 Å². The van der Waals surface area contributed by atoms with Gasteiger partial charge < -0.3 is 15.9 Å². The molecule has 0 atom stereocenters. The highest BCUT2D eigenvalue weighted by atomic mass is 16.6. The van der Waals surface area contributed by atoms with E-state index in [1.54, 1.807) is 0 Å². The molecule has 0 saturated heterocycles. The molecule has 8 heteroatoms. The molecule has 0 spiro atoms. The zero-order valence-electron chi connectivity index (χ0n) is 7.71. The number of carboxylic acids is 2. The van der Waals surface area contributed by atoms with Crippen LogP contribution in [0.1, 0.15) is 20.7 Å². The number of benzene rings is 1. The third-order valence-electron chi connectivity index (χ3n) is 1.82. The highest BCUT2D eigenvalue weighted by Crippen LogP contribution is 2.25. The highest BCUT2D eigenvalue weighted by molar-refractivity contribution is 6.03. The van der Waals surface area contributed by atoms with E-state index in [9.17, 15) is 19.7 Å². The number of carbonyl (C=O) groups is 2. The van der Waals surface area contributed by atoms with Gasteiger partial charge in [-0.15, -0.1) is 0 Å². The molecule has 0 aliphatic heterocycles. The lowest BCUT2D eigenvalue weighted by Gasteiger charge is -2.03. The maximum atomic E-state index is 10.7. The molecule has 0 aliphatic rings. The summed E-state index contributed by atoms with van der Waals surface area (Å²) in [5, 5.41) is 27.8. The number of nitrogens with zero attached hydrogens (tertiary/aromatic N) is 1. The Kier molecular flexibility index (Phi) is 2.75. The lowest BCUT2D eigenvalue weighted by Crippen LogP contribution is -2.10. The quantitative estimate of drug-likeness (QED) is 0.388. The van der Waals surface area contributed by atoms with Gasteiger partial charge in [0.2, 0.25) is 0 Å². The van der Waals surface area contributed by atoms with Crippen LogP contribution in [0.3, 0.4) is 0 Å². The van der Waals surface area contributed by atoms with Gasteiger partial charge in [-0.1, -0.05) is 0 Å². The third-order valence-corrected chi connectivity index (χ3v) is 1.82. The van der Waals surface area contributed by atoms with Crippen LogP contribution < -0.4 is 5.73 Å². The topological polar surface area (TPSA) is 144 Å². The average Bonchev–Trinajstić information content (AvgIpc) is 2.15. The number of hydrogen-bond donors (Lipinski definition) is 3. The van der Waals surface area contributed by atoms with Crippen molar-refractivity contribution >= 4 is 23.3 Å². The summed E-state index contributed by atoms with van der Waals surface area (Å²) in [4.78, 5) is 30.9. The minimum atomic E-state index is -1.57. The molecule has 84 valence electrons. The molecule has 1 aromatic rings. The second-order valence-electron chi connectivity index (χ2n) is 2.82. The second-order valence-corrected chi connectivity index (χ2v) is 2.82. The summed E-state index contributed by atoms with van der Waals surface area (Å²) in [6.45, 7) is 0. The van der Waals surface area contributed by atoms with Crippen molar-refractivity contribution in [1.82, 2.24) is 0 Å². The van der Waals surface area contributed by atoms with Crippen LogP contribution in [0.25, 0.3) is 0 Å². The Bertz CT molecular complexity index is 496. The number of aromatic carboxylic acids is 2. The predicted octanol–water partition coefficient (Wildman–Crippen LogP) is 0.573. The van der Waals surface area contributed by atoms with Gasteiger partial charge in [0, 0.05) is 6.07 Å². The number of nitro benzene ring substituents is 1. The first-order valence-electron chi connectivity index (χ1n) is 3.89. The van der Waals surface area contributed by atoms with Crippen LogP contribution >= 0.6 is 0 Å². The summed E-state index contributed by atoms with van der Waals surface area (Å²) in [6, 6.07) is 1.38. The maximum absolute atomic E-state index is 10.7. The summed E-state index contributed by atoms with van der Waals surface area (Å²) >= 11 is 0. The molecule has 8 nitrogen and oxygen atoms in total. The fraction of sp³-hybridized carbons (Fsp3) is 0. The van der Waals surface area contributed by atoms with Crippen molar-refractivity contribution in [3.8, 4) is 0 Å². The van der Waals surface area contributed by atoms with Gasteiger partial charge in [-0.2, -0.15) is 0 Å². The summed E-state index contributed by atoms with van der Waals surface area (Å²) < 4.78 is 0. The molecular weight excluding hydrogens is 220 g/mol. The van der Waals surface area contributed by atoms with Crippen molar-refractivity contribution in [2.24, 2.45) is 0 Å². The van der Waals surface area contributed by atoms with Crippen LogP contribution in [0.4, 0.5) is 11.4 Å². The van der Waals surface area contributed by atoms with Crippen molar-refractivity contribution in [3.05, 3.63) is 33.4 Å². The van der Waals surface area contributed by atoms with E-state index in [2.05, 4.69) is 0 Å². The van der Waals surface area contributed by atoms with Gasteiger partial charge in [-0.3, -0.25) is 10.1 Å². The first-order chi connectivity index (χ1) is 7.34. The minimum absolute atomic E-state index is 0.396. The van der Waals surface area contributed by atoms with Gasteiger partial charge >= 0.3 is 11.9 Å². The Morgan fingerprint density at radius 3 is 2.00 bits per heavy atom. The largest absolute Gasteiger partial charge is 0.478 e. The molecule has 0 aliphatic carbocycles. The van der Waals surface area contributed by atoms with Gasteiger partial charge in [0.15, 0.2) is 0 Å². The Morgan fingerprint density at radius 1 is 1.19 bits per heavy atom. The molecule has 0 heterocycles. The van der Waals surface area contributed by atoms with Crippen molar-refractivity contribution in [2.75, 3.05) is 5.73 Å². The SMILES string of the molecule is Nc1cc(C(=O)O)c(C(=O)O)cc1[N+](=O)[O-]. The molecule has 0 saturated carbocycles. The van der Waals surface area contributed by atoms with E-state index in [0.717, 1.165) is 6.07 Å². The van der Waals surface area contributed by atoms with Gasteiger partial charge in [0.05, 0.1) is 16.1 Å². The summed E-state index contributed by atoms with van der Waals surface area (Å²) in [5.74, 6) is -3.08. The van der Waals surface area contributed by atoms with Crippen LogP contribution in [0.5, 0.6) is 0 Å². The monoisotopic (exact) mass is 226 g/mol. The normalized spacial score (nSPS) is 9.75. The number of nitrogen functional groups attached to an aromatic ring is 1. The van der Waals surface area contributed by atoms with Crippen molar-refractivity contribution in [1.29, 1.82) is 0 Å². The molecule has 0 radical (unpaired) electrons. The fourth-order valence-corrected chi connectivity index (χ4v) is 1.12. The Balaban J connectivity index is 3.55. The van der Waals surface area contributed by atoms with Crippen LogP contribution in [0, 0.1) is 10.1 Å². The Labute approximate surface area is 88.1 Å². The van der Waals surface area contributed by atoms with Gasteiger partial charge in [-0.25, -0.2) is 9.59 Å². The fourth-order valence-electron chi connectivity index (χ4n) is 1.12. The van der Waals surface area contributed by atoms with E-state index in [4.69, 9.17) is 15.9 Å². The number of nitrogens with two attached hydrogens (primary N) is 1. The van der Waals surface area contributed by atoms with Crippen molar-refractivity contribution in [2.45, 2.75) is 0 Å². The van der Waals surface area contributed by atoms with Gasteiger partial charge in [0.25, 0.3) is 5.69 Å². The van der Waals surface area contributed by atoms with E-state index >= 15 is 0 Å². The molecule has 0 fully saturated rings. The van der Waals surface area contributed by atoms with E-state index < -0.39 is 39.4 Å². The van der Waals surface area contributed by atoms with Crippen LogP contribution in [0.2, 0.25) is 0 Å². The molecule has 0 amide bonds. The van der Waals surface area contributed by atoms with E-state index in [1.165, 1.54) is 0 Å². The smallest absolute Gasteiger partial charge is 0.336 e. The molecule has 0 unspecified atom stereocenters. The van der Waals surface area contributed by atoms with Gasteiger partial charge in [0.1, 0.15) is 5.69 Å². The zero-order chi connectivity index (χ0) is 12.5. The standard InChI is InChI=1S/C8H6N2O6/c9-5-1-3(7(11)12)4(8(13)14)2-6(5)10(15)16/h1-2H,9H2,(H,11,12)(H,13,14). The Hall–Kier alpha value is -2.64. The lowest BCUT2D eigenvalue weighted by atomic mass is 10.1. The maximum Gasteiger partial charge on any atom is 0.336 e. The predicted molar refractivity (Wildman–Crippen MR) is 51.4 cm³/mol. The first kappa shape index (κ1) is 11.4. The van der Waals surface area contributed by atoms with Crippen molar-refractivity contribution in [3.63, 3.8) is 0 Å². The number of hydrogen-bond acceptors (Lipinski definition) is 5. The summed E-state index contributed by atoms with van der Waals surface area (Å²) in [6.07, 6.45) is 0. The van der Waals surface area contributed by atoms with E-state index in [1.807, 2.05) is 0 Å². The molecule has 1 rings (SSSR count). The number of carboxylic acid groups (broad SMARTS) is 2. The van der Waals surface area contributed by atoms with E-state index in [0.29, 0.717) is 6.07 Å². The van der Waals surface area contributed by atoms with Crippen LogP contribution in [-0.4, -0.2) is 27.1 Å². The van der Waals surface area contributed by atoms with Crippen molar-refractivity contribution < 1.29 is 24.7 Å². The molecule has 4 N–H and O–H groups in total. The zero-order valence-corrected chi connectivity index (χ0v) is 7.71. The van der Waals surface area contributed by atoms with Crippen LogP contribution in [-0.2, 0) is 0 Å². The molecular formula is C8H6N2O6. The third kappa shape index (κ3) is 1.90. The van der Waals surface area contributed by atoms with Crippen LogP contribution in [0.15, 0.2) is 12.1 Å². The van der Waals surface area contributed by atoms with E-state index in [-0.39, 0.29) is 0 Å². The lowest BCUT2D eigenvalue weighted by molar-refractivity contribution is -0.383. The summed E-state index contributed by atoms with van der Waals surface area (Å²) in [7, 11) is 0. The number of nitro groups is 1. The first-order valence-corrected chi connectivity index (χ1v) is 3.89. The summed E-state index contributed by atoms with van der Waals surface area (Å²) in [5.41, 5.74) is 2.94. The highest BCUT2D eigenvalue weighted by Gasteiger charge is 2.23. The number of anilines is 1. The molecule has 16 heavy (non-hydrogen) atoms. The molecule has 0 bridgehead atoms. The molecule has 1 aromatic carbocycles. The average molecular weight is 226 g/mol. The second kappa shape index (κ2) is 3.85.